The van der Waals surface area contributed by atoms with Gasteiger partial charge in [-0.3, -0.25) is 4.68 Å². The fraction of sp³-hybridized carbons (Fsp3) is 0.385. The first-order valence-corrected chi connectivity index (χ1v) is 11.6. The van der Waals surface area contributed by atoms with E-state index in [1.165, 1.54) is 0 Å². The first-order chi connectivity index (χ1) is 16.2. The van der Waals surface area contributed by atoms with E-state index < -0.39 is 11.6 Å². The Morgan fingerprint density at radius 1 is 1.18 bits per heavy atom. The molecular weight excluding hydrogens is 430 g/mol. The van der Waals surface area contributed by atoms with E-state index in [1.807, 2.05) is 68.0 Å². The largest absolute Gasteiger partial charge is 0.459 e. The lowest BCUT2D eigenvalue weighted by molar-refractivity contribution is -0.157. The molecule has 0 amide bonds. The lowest BCUT2D eigenvalue weighted by Gasteiger charge is -2.29. The minimum absolute atomic E-state index is 0.265. The number of nitrogens with one attached hydrogen (secondary N) is 1. The SMILES string of the molecule is CC(C)n1ncc2cc(-c3nc(-c4ccc5c(c4)CCNC5C(=O)OC(C)(C)C)no3)ccc21. The molecule has 8 nitrogen and oxygen atoms in total. The standard InChI is InChI=1S/C26H29N5O3/c1-15(2)31-21-9-7-18(13-19(21)14-28-31)24-29-23(30-34-24)17-6-8-20-16(12-17)10-11-27-22(20)25(32)33-26(3,4)5/h6-9,12-15,22,27H,10-11H2,1-5H3. The molecule has 0 saturated carbocycles. The molecule has 1 N–H and O–H groups in total. The molecule has 0 aliphatic carbocycles. The highest BCUT2D eigenvalue weighted by atomic mass is 16.6. The zero-order chi connectivity index (χ0) is 24.0. The van der Waals surface area contributed by atoms with Gasteiger partial charge >= 0.3 is 5.97 Å². The Kier molecular flexibility index (Phi) is 5.48. The number of hydrogen-bond donors (Lipinski definition) is 1. The van der Waals surface area contributed by atoms with Gasteiger partial charge in [0.2, 0.25) is 5.82 Å². The summed E-state index contributed by atoms with van der Waals surface area (Å²) in [5, 5.41) is 13.0. The Labute approximate surface area is 198 Å². The van der Waals surface area contributed by atoms with E-state index in [2.05, 4.69) is 34.4 Å². The van der Waals surface area contributed by atoms with Gasteiger partial charge in [-0.2, -0.15) is 10.1 Å². The van der Waals surface area contributed by atoms with Gasteiger partial charge in [-0.15, -0.1) is 0 Å². The van der Waals surface area contributed by atoms with Crippen molar-refractivity contribution in [1.29, 1.82) is 0 Å². The third kappa shape index (κ3) is 4.21. The van der Waals surface area contributed by atoms with Crippen LogP contribution in [0.25, 0.3) is 33.7 Å². The van der Waals surface area contributed by atoms with Crippen LogP contribution in [0.4, 0.5) is 0 Å². The number of aromatic nitrogens is 4. The quantitative estimate of drug-likeness (QED) is 0.435. The summed E-state index contributed by atoms with van der Waals surface area (Å²) >= 11 is 0. The van der Waals surface area contributed by atoms with Crippen molar-refractivity contribution in [3.63, 3.8) is 0 Å². The molecule has 0 bridgehead atoms. The number of ether oxygens (including phenoxy) is 1. The van der Waals surface area contributed by atoms with Crippen molar-refractivity contribution >= 4 is 16.9 Å². The second-order valence-corrected chi connectivity index (χ2v) is 9.96. The molecule has 34 heavy (non-hydrogen) atoms. The smallest absolute Gasteiger partial charge is 0.328 e. The van der Waals surface area contributed by atoms with Gasteiger partial charge < -0.3 is 14.6 Å². The number of fused-ring (bicyclic) bond motifs is 2. The van der Waals surface area contributed by atoms with Gasteiger partial charge in [0.15, 0.2) is 0 Å². The molecule has 0 saturated heterocycles. The molecule has 176 valence electrons. The molecule has 3 heterocycles. The molecule has 0 radical (unpaired) electrons. The second-order valence-electron chi connectivity index (χ2n) is 9.96. The molecule has 1 aliphatic rings. The third-order valence-electron chi connectivity index (χ3n) is 5.86. The second kappa shape index (κ2) is 8.36. The van der Waals surface area contributed by atoms with Crippen LogP contribution >= 0.6 is 0 Å². The normalized spacial score (nSPS) is 16.1. The number of carbonyl (C=O) groups is 1. The van der Waals surface area contributed by atoms with E-state index in [1.54, 1.807) is 0 Å². The van der Waals surface area contributed by atoms with Gasteiger partial charge in [-0.25, -0.2) is 4.79 Å². The van der Waals surface area contributed by atoms with E-state index in [0.29, 0.717) is 18.3 Å². The minimum atomic E-state index is -0.534. The Bertz CT molecular complexity index is 1360. The highest BCUT2D eigenvalue weighted by Crippen LogP contribution is 2.31. The van der Waals surface area contributed by atoms with E-state index in [4.69, 9.17) is 9.26 Å². The summed E-state index contributed by atoms with van der Waals surface area (Å²) < 4.78 is 13.2. The highest BCUT2D eigenvalue weighted by Gasteiger charge is 2.30. The lowest BCUT2D eigenvalue weighted by Crippen LogP contribution is -2.39. The Morgan fingerprint density at radius 2 is 1.97 bits per heavy atom. The zero-order valence-corrected chi connectivity index (χ0v) is 20.1. The summed E-state index contributed by atoms with van der Waals surface area (Å²) in [6, 6.07) is 11.7. The van der Waals surface area contributed by atoms with Crippen molar-refractivity contribution in [3.8, 4) is 22.8 Å². The number of esters is 1. The highest BCUT2D eigenvalue weighted by molar-refractivity contribution is 5.83. The molecule has 1 aliphatic heterocycles. The summed E-state index contributed by atoms with van der Waals surface area (Å²) in [7, 11) is 0. The summed E-state index contributed by atoms with van der Waals surface area (Å²) in [5.74, 6) is 0.711. The molecule has 2 aromatic carbocycles. The minimum Gasteiger partial charge on any atom is -0.459 e. The van der Waals surface area contributed by atoms with Crippen molar-refractivity contribution in [2.45, 2.75) is 58.7 Å². The molecule has 4 aromatic rings. The molecule has 0 fully saturated rings. The van der Waals surface area contributed by atoms with Crippen LogP contribution in [0.5, 0.6) is 0 Å². The van der Waals surface area contributed by atoms with Gasteiger partial charge in [0.1, 0.15) is 11.6 Å². The Morgan fingerprint density at radius 3 is 2.74 bits per heavy atom. The molecule has 5 rings (SSSR count). The number of nitrogens with zero attached hydrogens (tertiary/aromatic N) is 4. The van der Waals surface area contributed by atoms with Gasteiger partial charge in [0, 0.05) is 29.1 Å². The molecular formula is C26H29N5O3. The van der Waals surface area contributed by atoms with Crippen LogP contribution in [0.3, 0.4) is 0 Å². The van der Waals surface area contributed by atoms with Crippen LogP contribution in [-0.4, -0.2) is 38.0 Å². The molecule has 2 aromatic heterocycles. The first kappa shape index (κ1) is 22.3. The average molecular weight is 460 g/mol. The van der Waals surface area contributed by atoms with Crippen molar-refractivity contribution in [2.24, 2.45) is 0 Å². The first-order valence-electron chi connectivity index (χ1n) is 11.6. The fourth-order valence-corrected chi connectivity index (χ4v) is 4.33. The molecule has 8 heteroatoms. The van der Waals surface area contributed by atoms with Crippen LogP contribution in [-0.2, 0) is 16.0 Å². The van der Waals surface area contributed by atoms with Gasteiger partial charge in [-0.05, 0) is 76.4 Å². The maximum absolute atomic E-state index is 12.7. The summed E-state index contributed by atoms with van der Waals surface area (Å²) in [6.07, 6.45) is 2.67. The van der Waals surface area contributed by atoms with Crippen molar-refractivity contribution in [1.82, 2.24) is 25.2 Å². The van der Waals surface area contributed by atoms with E-state index >= 15 is 0 Å². The van der Waals surface area contributed by atoms with E-state index in [9.17, 15) is 4.79 Å². The van der Waals surface area contributed by atoms with Crippen LogP contribution < -0.4 is 5.32 Å². The van der Waals surface area contributed by atoms with Gasteiger partial charge in [0.05, 0.1) is 11.7 Å². The Balaban J connectivity index is 1.41. The predicted octanol–water partition coefficient (Wildman–Crippen LogP) is 4.86. The number of benzene rings is 2. The van der Waals surface area contributed by atoms with Gasteiger partial charge in [-0.1, -0.05) is 17.3 Å². The lowest BCUT2D eigenvalue weighted by atomic mass is 9.92. The molecule has 0 spiro atoms. The predicted molar refractivity (Wildman–Crippen MR) is 129 cm³/mol. The van der Waals surface area contributed by atoms with E-state index in [0.717, 1.165) is 39.6 Å². The molecule has 1 unspecified atom stereocenters. The van der Waals surface area contributed by atoms with Crippen molar-refractivity contribution in [2.75, 3.05) is 6.54 Å². The maximum atomic E-state index is 12.7. The number of rotatable bonds is 4. The van der Waals surface area contributed by atoms with Crippen LogP contribution in [0, 0.1) is 0 Å². The number of hydrogen-bond acceptors (Lipinski definition) is 7. The fourth-order valence-electron chi connectivity index (χ4n) is 4.33. The average Bonchev–Trinajstić information content (AvgIpc) is 3.44. The number of carbonyl (C=O) groups excluding carboxylic acids is 1. The van der Waals surface area contributed by atoms with Crippen molar-refractivity contribution < 1.29 is 14.1 Å². The summed E-state index contributed by atoms with van der Waals surface area (Å²) in [6.45, 7) is 10.5. The van der Waals surface area contributed by atoms with E-state index in [-0.39, 0.29) is 12.0 Å². The van der Waals surface area contributed by atoms with Crippen molar-refractivity contribution in [3.05, 3.63) is 53.7 Å². The maximum Gasteiger partial charge on any atom is 0.328 e. The monoisotopic (exact) mass is 459 g/mol. The Hall–Kier alpha value is -3.52. The van der Waals surface area contributed by atoms with Crippen LogP contribution in [0.1, 0.15) is 57.8 Å². The van der Waals surface area contributed by atoms with Crippen LogP contribution in [0.15, 0.2) is 47.1 Å². The van der Waals surface area contributed by atoms with Gasteiger partial charge in [0.25, 0.3) is 5.89 Å². The molecule has 1 atom stereocenters. The third-order valence-corrected chi connectivity index (χ3v) is 5.86. The summed E-state index contributed by atoms with van der Waals surface area (Å²) in [4.78, 5) is 17.3. The topological polar surface area (TPSA) is 95.1 Å². The zero-order valence-electron chi connectivity index (χ0n) is 20.1. The summed E-state index contributed by atoms with van der Waals surface area (Å²) in [5.41, 5.74) is 4.25. The van der Waals surface area contributed by atoms with Crippen LogP contribution in [0.2, 0.25) is 0 Å².